The molecule has 0 radical (unpaired) electrons. The highest BCUT2D eigenvalue weighted by atomic mass is 16.1. The molecular weight excluding hydrogens is 226 g/mol. The van der Waals surface area contributed by atoms with E-state index in [1.807, 2.05) is 25.2 Å². The molecule has 0 aromatic rings. The molecule has 0 heterocycles. The van der Waals surface area contributed by atoms with Gasteiger partial charge in [-0.1, -0.05) is 18.2 Å². The monoisotopic (exact) mass is 247 g/mol. The van der Waals surface area contributed by atoms with Gasteiger partial charge in [-0.25, -0.2) is 0 Å². The number of primary amides is 1. The number of nitrogens with two attached hydrogens (primary N) is 1. The maximum atomic E-state index is 10.5. The first-order valence-electron chi connectivity index (χ1n) is 5.91. The van der Waals surface area contributed by atoms with Crippen LogP contribution >= 0.6 is 0 Å². The van der Waals surface area contributed by atoms with Gasteiger partial charge >= 0.3 is 0 Å². The van der Waals surface area contributed by atoms with Gasteiger partial charge in [0.15, 0.2) is 0 Å². The summed E-state index contributed by atoms with van der Waals surface area (Å²) in [7, 11) is 0. The van der Waals surface area contributed by atoms with Gasteiger partial charge in [-0.2, -0.15) is 0 Å². The van der Waals surface area contributed by atoms with Crippen molar-refractivity contribution in [2.45, 2.75) is 26.2 Å². The second kappa shape index (κ2) is 11.5. The minimum absolute atomic E-state index is 0.248. The Hall–Kier alpha value is -1.97. The number of nitrogens with zero attached hydrogens (tertiary/aromatic N) is 2. The quantitative estimate of drug-likeness (QED) is 0.379. The van der Waals surface area contributed by atoms with Crippen LogP contribution in [0.15, 0.2) is 46.1 Å². The van der Waals surface area contributed by atoms with Crippen LogP contribution in [0.3, 0.4) is 0 Å². The first kappa shape index (κ1) is 16.0. The Labute approximate surface area is 109 Å². The zero-order valence-corrected chi connectivity index (χ0v) is 10.9. The highest BCUT2D eigenvalue weighted by Crippen LogP contribution is 2.01. The zero-order valence-electron chi connectivity index (χ0n) is 10.9. The molecule has 0 saturated carbocycles. The second-order valence-electron chi connectivity index (χ2n) is 3.64. The summed E-state index contributed by atoms with van der Waals surface area (Å²) in [5.41, 5.74) is 6.18. The van der Waals surface area contributed by atoms with Gasteiger partial charge in [0.1, 0.15) is 0 Å². The minimum Gasteiger partial charge on any atom is -0.370 e. The van der Waals surface area contributed by atoms with Crippen LogP contribution in [0, 0.1) is 0 Å². The van der Waals surface area contributed by atoms with Crippen molar-refractivity contribution < 1.29 is 4.79 Å². The fourth-order valence-corrected chi connectivity index (χ4v) is 1.19. The van der Waals surface area contributed by atoms with Crippen LogP contribution < -0.4 is 5.73 Å². The molecule has 0 bridgehead atoms. The van der Waals surface area contributed by atoms with Gasteiger partial charge in [-0.05, 0) is 38.1 Å². The summed E-state index contributed by atoms with van der Waals surface area (Å²) in [6.07, 6.45) is 13.2. The van der Waals surface area contributed by atoms with Crippen LogP contribution in [0.4, 0.5) is 0 Å². The number of hydrogen-bond donors (Lipinski definition) is 1. The predicted molar refractivity (Wildman–Crippen MR) is 78.0 cm³/mol. The van der Waals surface area contributed by atoms with E-state index in [4.69, 9.17) is 5.73 Å². The molecule has 0 aliphatic carbocycles. The number of allylic oxidation sites excluding steroid dienone is 3. The number of hydrogen-bond acceptors (Lipinski definition) is 3. The summed E-state index contributed by atoms with van der Waals surface area (Å²) in [6.45, 7) is 5.93. The van der Waals surface area contributed by atoms with E-state index < -0.39 is 0 Å². The number of amides is 1. The normalized spacial score (nSPS) is 12.8. The van der Waals surface area contributed by atoms with Gasteiger partial charge in [-0.15, -0.1) is 0 Å². The average molecular weight is 247 g/mol. The van der Waals surface area contributed by atoms with Crippen molar-refractivity contribution in [2.24, 2.45) is 15.7 Å². The first-order chi connectivity index (χ1) is 8.70. The Balaban J connectivity index is 3.93. The summed E-state index contributed by atoms with van der Waals surface area (Å²) >= 11 is 0. The molecule has 18 heavy (non-hydrogen) atoms. The third-order valence-corrected chi connectivity index (χ3v) is 2.15. The van der Waals surface area contributed by atoms with E-state index in [0.717, 1.165) is 18.4 Å². The number of rotatable bonds is 9. The van der Waals surface area contributed by atoms with Gasteiger partial charge in [0, 0.05) is 18.8 Å². The molecule has 0 aliphatic heterocycles. The van der Waals surface area contributed by atoms with Gasteiger partial charge in [0.05, 0.1) is 6.54 Å². The van der Waals surface area contributed by atoms with Gasteiger partial charge in [0.2, 0.25) is 5.91 Å². The van der Waals surface area contributed by atoms with Crippen LogP contribution in [0.2, 0.25) is 0 Å². The van der Waals surface area contributed by atoms with Crippen molar-refractivity contribution in [2.75, 3.05) is 6.54 Å². The zero-order chi connectivity index (χ0) is 13.6. The molecule has 1 amide bonds. The van der Waals surface area contributed by atoms with Gasteiger partial charge in [-0.3, -0.25) is 14.8 Å². The Bertz CT molecular complexity index is 365. The van der Waals surface area contributed by atoms with Crippen LogP contribution in [0.25, 0.3) is 0 Å². The Morgan fingerprint density at radius 3 is 2.83 bits per heavy atom. The molecule has 2 N–H and O–H groups in total. The van der Waals surface area contributed by atoms with Crippen LogP contribution in [0.5, 0.6) is 0 Å². The van der Waals surface area contributed by atoms with Crippen LogP contribution in [0.1, 0.15) is 26.2 Å². The van der Waals surface area contributed by atoms with Crippen molar-refractivity contribution in [1.82, 2.24) is 0 Å². The Morgan fingerprint density at radius 2 is 2.22 bits per heavy atom. The SMILES string of the molecule is C=N/C=C\C=NCC(/C=C\CCCC(N)=O)=C/C. The van der Waals surface area contributed by atoms with Crippen LogP contribution in [-0.2, 0) is 4.79 Å². The first-order valence-corrected chi connectivity index (χ1v) is 5.91. The van der Waals surface area contributed by atoms with Crippen molar-refractivity contribution in [3.63, 3.8) is 0 Å². The van der Waals surface area contributed by atoms with E-state index in [1.54, 1.807) is 18.5 Å². The van der Waals surface area contributed by atoms with Gasteiger partial charge in [0.25, 0.3) is 0 Å². The summed E-state index contributed by atoms with van der Waals surface area (Å²) < 4.78 is 0. The minimum atomic E-state index is -0.248. The highest BCUT2D eigenvalue weighted by molar-refractivity contribution is 5.73. The van der Waals surface area contributed by atoms with E-state index in [9.17, 15) is 4.79 Å². The van der Waals surface area contributed by atoms with E-state index >= 15 is 0 Å². The molecule has 0 fully saturated rings. The molecule has 0 aromatic heterocycles. The van der Waals surface area contributed by atoms with E-state index in [2.05, 4.69) is 16.7 Å². The third kappa shape index (κ3) is 10.5. The van der Waals surface area contributed by atoms with Crippen molar-refractivity contribution in [1.29, 1.82) is 0 Å². The second-order valence-corrected chi connectivity index (χ2v) is 3.64. The molecule has 0 aromatic carbocycles. The standard InChI is InChI=1S/C14H21N3O/c1-3-13(12-17-11-7-10-16-2)8-5-4-6-9-14(15)18/h3,5,7-8,10-11H,2,4,6,9,12H2,1H3,(H2,15,18)/b8-5-,10-7-,13-3+,17-11?. The van der Waals surface area contributed by atoms with Crippen molar-refractivity contribution >= 4 is 18.8 Å². The molecule has 0 rings (SSSR count). The molecule has 4 nitrogen and oxygen atoms in total. The van der Waals surface area contributed by atoms with E-state index in [0.29, 0.717) is 13.0 Å². The smallest absolute Gasteiger partial charge is 0.217 e. The lowest BCUT2D eigenvalue weighted by Gasteiger charge is -1.96. The maximum Gasteiger partial charge on any atom is 0.217 e. The molecule has 4 heteroatoms. The fourth-order valence-electron chi connectivity index (χ4n) is 1.19. The lowest BCUT2D eigenvalue weighted by atomic mass is 10.2. The molecule has 0 aliphatic rings. The average Bonchev–Trinajstić information content (AvgIpc) is 2.35. The van der Waals surface area contributed by atoms with Crippen molar-refractivity contribution in [3.05, 3.63) is 36.1 Å². The van der Waals surface area contributed by atoms with Crippen LogP contribution in [-0.4, -0.2) is 25.4 Å². The molecule has 0 unspecified atom stereocenters. The predicted octanol–water partition coefficient (Wildman–Crippen LogP) is 2.43. The molecule has 0 spiro atoms. The molecular formula is C14H21N3O. The lowest BCUT2D eigenvalue weighted by Crippen LogP contribution is -2.09. The topological polar surface area (TPSA) is 67.8 Å². The summed E-state index contributed by atoms with van der Waals surface area (Å²) in [4.78, 5) is 18.3. The number of aliphatic imine (C=N–C) groups is 2. The summed E-state index contributed by atoms with van der Waals surface area (Å²) in [5.74, 6) is -0.248. The largest absolute Gasteiger partial charge is 0.370 e. The number of carbonyl (C=O) groups excluding carboxylic acids is 1. The van der Waals surface area contributed by atoms with Crippen molar-refractivity contribution in [3.8, 4) is 0 Å². The summed E-state index contributed by atoms with van der Waals surface area (Å²) in [5, 5.41) is 0. The molecule has 0 saturated heterocycles. The van der Waals surface area contributed by atoms with E-state index in [-0.39, 0.29) is 5.91 Å². The van der Waals surface area contributed by atoms with E-state index in [1.165, 1.54) is 0 Å². The third-order valence-electron chi connectivity index (χ3n) is 2.15. The fraction of sp³-hybridized carbons (Fsp3) is 0.357. The maximum absolute atomic E-state index is 10.5. The Morgan fingerprint density at radius 1 is 1.44 bits per heavy atom. The summed E-state index contributed by atoms with van der Waals surface area (Å²) in [6, 6.07) is 0. The molecule has 0 atom stereocenters. The highest BCUT2D eigenvalue weighted by Gasteiger charge is 1.92. The number of carbonyl (C=O) groups is 1. The number of unbranched alkanes of at least 4 members (excludes halogenated alkanes) is 1. The molecule has 98 valence electrons. The lowest BCUT2D eigenvalue weighted by molar-refractivity contribution is -0.118. The Kier molecular flexibility index (Phi) is 10.3. The van der Waals surface area contributed by atoms with Gasteiger partial charge < -0.3 is 5.73 Å².